The number of guanidine groups is 1. The maximum Gasteiger partial charge on any atom is 0.266 e. The standard InChI is InChI=1S/C28H31N7O5/c29-25(36)22-15-13-19(14-16-22)18-32-26(37)23(12-7-17-31-28(30)34-35(39)40)33-27(38)24(20-8-3-1-4-9-20)21-10-5-2-6-11-21/h1-6,8-11,13-16,23-24H,7,12,17-18H2,(H2,29,36)(H,32,37)(H,33,38)(H3,30,31,34)/t23-/m0/s1. The molecule has 3 aromatic rings. The van der Waals surface area contributed by atoms with Crippen LogP contribution in [-0.4, -0.2) is 41.3 Å². The highest BCUT2D eigenvalue weighted by atomic mass is 16.7. The minimum atomic E-state index is -0.915. The van der Waals surface area contributed by atoms with Crippen molar-refractivity contribution in [2.75, 3.05) is 6.54 Å². The van der Waals surface area contributed by atoms with Gasteiger partial charge in [-0.25, -0.2) is 10.1 Å². The number of rotatable bonds is 13. The number of primary amides is 1. The summed E-state index contributed by atoms with van der Waals surface area (Å²) in [6.45, 7) is 0.351. The maximum atomic E-state index is 13.6. The smallest absolute Gasteiger partial charge is 0.266 e. The summed E-state index contributed by atoms with van der Waals surface area (Å²) in [5, 5.41) is 20.9. The van der Waals surface area contributed by atoms with Crippen LogP contribution in [0.4, 0.5) is 0 Å². The van der Waals surface area contributed by atoms with Crippen LogP contribution in [0.1, 0.15) is 45.8 Å². The molecule has 3 aromatic carbocycles. The van der Waals surface area contributed by atoms with Crippen LogP contribution in [0.3, 0.4) is 0 Å². The Labute approximate surface area is 231 Å². The fourth-order valence-electron chi connectivity index (χ4n) is 4.06. The molecule has 0 spiro atoms. The number of hydrogen-bond donors (Lipinski definition) is 5. The first-order valence-electron chi connectivity index (χ1n) is 12.5. The van der Waals surface area contributed by atoms with Gasteiger partial charge in [0.15, 0.2) is 5.03 Å². The summed E-state index contributed by atoms with van der Waals surface area (Å²) in [5.41, 5.74) is 13.4. The highest BCUT2D eigenvalue weighted by molar-refractivity contribution is 5.93. The third-order valence-electron chi connectivity index (χ3n) is 6.03. The van der Waals surface area contributed by atoms with Crippen molar-refractivity contribution in [3.63, 3.8) is 0 Å². The number of hydrogen-bond acceptors (Lipinski definition) is 5. The van der Waals surface area contributed by atoms with Gasteiger partial charge >= 0.3 is 0 Å². The molecule has 3 amide bonds. The van der Waals surface area contributed by atoms with Crippen LogP contribution >= 0.6 is 0 Å². The molecule has 0 aliphatic carbocycles. The summed E-state index contributed by atoms with van der Waals surface area (Å²) in [4.78, 5) is 48.7. The van der Waals surface area contributed by atoms with Crippen LogP contribution in [0, 0.1) is 10.1 Å². The van der Waals surface area contributed by atoms with Crippen LogP contribution in [0.25, 0.3) is 0 Å². The zero-order valence-corrected chi connectivity index (χ0v) is 21.7. The van der Waals surface area contributed by atoms with Crippen molar-refractivity contribution < 1.29 is 19.4 Å². The molecular weight excluding hydrogens is 514 g/mol. The van der Waals surface area contributed by atoms with Crippen molar-refractivity contribution in [1.29, 1.82) is 0 Å². The van der Waals surface area contributed by atoms with E-state index in [-0.39, 0.29) is 31.4 Å². The fraction of sp³-hybridized carbons (Fsp3) is 0.214. The van der Waals surface area contributed by atoms with Gasteiger partial charge in [0.05, 0.1) is 5.92 Å². The monoisotopic (exact) mass is 545 g/mol. The predicted molar refractivity (Wildman–Crippen MR) is 149 cm³/mol. The Hall–Kier alpha value is -5.26. The molecule has 1 atom stereocenters. The first-order valence-corrected chi connectivity index (χ1v) is 12.5. The second-order valence-electron chi connectivity index (χ2n) is 8.89. The average molecular weight is 546 g/mol. The summed E-state index contributed by atoms with van der Waals surface area (Å²) < 4.78 is 0. The number of nitro groups is 1. The van der Waals surface area contributed by atoms with Gasteiger partial charge in [0, 0.05) is 18.7 Å². The molecule has 0 unspecified atom stereocenters. The molecule has 0 saturated heterocycles. The molecule has 0 fully saturated rings. The number of amides is 3. The predicted octanol–water partition coefficient (Wildman–Crippen LogP) is 1.59. The van der Waals surface area contributed by atoms with Gasteiger partial charge in [0.25, 0.3) is 5.96 Å². The number of benzene rings is 3. The van der Waals surface area contributed by atoms with Crippen LogP contribution in [0.5, 0.6) is 0 Å². The molecule has 12 heteroatoms. The van der Waals surface area contributed by atoms with E-state index in [4.69, 9.17) is 11.5 Å². The second-order valence-corrected chi connectivity index (χ2v) is 8.89. The Balaban J connectivity index is 1.75. The average Bonchev–Trinajstić information content (AvgIpc) is 2.94. The largest absolute Gasteiger partial charge is 0.366 e. The number of carbonyl (C=O) groups is 3. The molecule has 0 bridgehead atoms. The highest BCUT2D eigenvalue weighted by Crippen LogP contribution is 2.25. The lowest BCUT2D eigenvalue weighted by molar-refractivity contribution is -0.485. The number of carbonyl (C=O) groups excluding carboxylic acids is 3. The van der Waals surface area contributed by atoms with Crippen LogP contribution in [-0.2, 0) is 16.1 Å². The van der Waals surface area contributed by atoms with E-state index in [2.05, 4.69) is 21.1 Å². The van der Waals surface area contributed by atoms with Crippen molar-refractivity contribution in [3.8, 4) is 0 Å². The molecule has 3 rings (SSSR count). The van der Waals surface area contributed by atoms with Crippen LogP contribution < -0.4 is 27.4 Å². The fourth-order valence-corrected chi connectivity index (χ4v) is 4.06. The van der Waals surface area contributed by atoms with Crippen molar-refractivity contribution in [2.45, 2.75) is 31.3 Å². The van der Waals surface area contributed by atoms with E-state index < -0.39 is 28.8 Å². The topological polar surface area (TPSA) is 195 Å². The minimum Gasteiger partial charge on any atom is -0.366 e. The molecule has 0 aliphatic heterocycles. The number of nitrogens with two attached hydrogens (primary N) is 2. The Kier molecular flexibility index (Phi) is 10.7. The molecule has 12 nitrogen and oxygen atoms in total. The molecule has 7 N–H and O–H groups in total. The normalized spacial score (nSPS) is 11.9. The van der Waals surface area contributed by atoms with Gasteiger partial charge in [-0.2, -0.15) is 0 Å². The van der Waals surface area contributed by atoms with Gasteiger partial charge in [0.2, 0.25) is 17.7 Å². The summed E-state index contributed by atoms with van der Waals surface area (Å²) >= 11 is 0. The van der Waals surface area contributed by atoms with Crippen molar-refractivity contribution in [2.24, 2.45) is 16.6 Å². The lowest BCUT2D eigenvalue weighted by Crippen LogP contribution is -2.48. The van der Waals surface area contributed by atoms with Gasteiger partial charge < -0.3 is 27.4 Å². The molecule has 40 heavy (non-hydrogen) atoms. The van der Waals surface area contributed by atoms with E-state index in [1.165, 1.54) is 0 Å². The Morgan fingerprint density at radius 3 is 1.93 bits per heavy atom. The minimum absolute atomic E-state index is 0.158. The number of hydrazone groups is 1. The first kappa shape index (κ1) is 29.3. The zero-order valence-electron chi connectivity index (χ0n) is 21.7. The molecule has 0 aliphatic rings. The van der Waals surface area contributed by atoms with Crippen LogP contribution in [0.15, 0.2) is 90.0 Å². The third-order valence-corrected chi connectivity index (χ3v) is 6.03. The summed E-state index contributed by atoms with van der Waals surface area (Å²) in [7, 11) is 0. The SMILES string of the molecule is NC(=O)c1ccc(CNC(=O)[C@H](CCCNC(N)=N[N+](=O)[O-])NC(=O)C(c2ccccc2)c2ccccc2)cc1. The Bertz CT molecular complexity index is 1290. The number of nitrogens with one attached hydrogen (secondary N) is 3. The van der Waals surface area contributed by atoms with Crippen LogP contribution in [0.2, 0.25) is 0 Å². The van der Waals surface area contributed by atoms with E-state index >= 15 is 0 Å². The molecule has 0 aromatic heterocycles. The molecular formula is C28H31N7O5. The quantitative estimate of drug-likeness (QED) is 0.0707. The summed E-state index contributed by atoms with van der Waals surface area (Å²) in [6.07, 6.45) is 0.564. The van der Waals surface area contributed by atoms with E-state index in [0.29, 0.717) is 12.0 Å². The van der Waals surface area contributed by atoms with Crippen molar-refractivity contribution in [1.82, 2.24) is 16.0 Å². The summed E-state index contributed by atoms with van der Waals surface area (Å²) in [6, 6.07) is 24.1. The molecule has 0 saturated carbocycles. The van der Waals surface area contributed by atoms with E-state index in [0.717, 1.165) is 16.7 Å². The van der Waals surface area contributed by atoms with Crippen molar-refractivity contribution >= 4 is 23.7 Å². The van der Waals surface area contributed by atoms with Gasteiger partial charge in [-0.05, 0) is 41.7 Å². The van der Waals surface area contributed by atoms with Gasteiger partial charge in [-0.15, -0.1) is 0 Å². The van der Waals surface area contributed by atoms with E-state index in [1.807, 2.05) is 60.7 Å². The summed E-state index contributed by atoms with van der Waals surface area (Å²) in [5.74, 6) is -2.34. The van der Waals surface area contributed by atoms with Gasteiger partial charge in [-0.1, -0.05) is 72.8 Å². The van der Waals surface area contributed by atoms with Crippen molar-refractivity contribution in [3.05, 3.63) is 117 Å². The lowest BCUT2D eigenvalue weighted by Gasteiger charge is -2.23. The maximum absolute atomic E-state index is 13.6. The molecule has 0 heterocycles. The highest BCUT2D eigenvalue weighted by Gasteiger charge is 2.27. The third kappa shape index (κ3) is 8.94. The Morgan fingerprint density at radius 1 is 0.825 bits per heavy atom. The number of nitrogens with zero attached hydrogens (tertiary/aromatic N) is 2. The van der Waals surface area contributed by atoms with Gasteiger partial charge in [0.1, 0.15) is 11.1 Å². The second kappa shape index (κ2) is 14.6. The first-order chi connectivity index (χ1) is 19.2. The molecule has 208 valence electrons. The van der Waals surface area contributed by atoms with Gasteiger partial charge in [-0.3, -0.25) is 14.4 Å². The molecule has 0 radical (unpaired) electrons. The Morgan fingerprint density at radius 2 is 1.40 bits per heavy atom. The lowest BCUT2D eigenvalue weighted by atomic mass is 9.90. The van der Waals surface area contributed by atoms with E-state index in [9.17, 15) is 24.5 Å². The van der Waals surface area contributed by atoms with E-state index in [1.54, 1.807) is 24.3 Å². The zero-order chi connectivity index (χ0) is 28.9.